The van der Waals surface area contributed by atoms with Crippen LogP contribution in [0.3, 0.4) is 0 Å². The summed E-state index contributed by atoms with van der Waals surface area (Å²) in [6.45, 7) is 5.57. The Bertz CT molecular complexity index is 1010. The van der Waals surface area contributed by atoms with E-state index in [2.05, 4.69) is 20.8 Å². The molecule has 0 atom stereocenters. The Labute approximate surface area is 156 Å². The van der Waals surface area contributed by atoms with E-state index in [1.807, 2.05) is 26.0 Å². The number of carbonyl (C=O) groups is 1. The topological polar surface area (TPSA) is 79.0 Å². The van der Waals surface area contributed by atoms with Gasteiger partial charge in [0.15, 0.2) is 0 Å². The molecule has 4 rings (SSSR count). The van der Waals surface area contributed by atoms with Crippen LogP contribution in [-0.2, 0) is 12.1 Å². The van der Waals surface area contributed by atoms with E-state index in [4.69, 9.17) is 4.74 Å². The van der Waals surface area contributed by atoms with Crippen LogP contribution >= 0.6 is 0 Å². The quantitative estimate of drug-likeness (QED) is 0.664. The maximum atomic E-state index is 14.0. The lowest BCUT2D eigenvalue weighted by atomic mass is 9.96. The molecule has 3 aromatic rings. The molecule has 1 amide bonds. The molecule has 1 aliphatic rings. The number of hydrogen-bond donors (Lipinski definition) is 3. The van der Waals surface area contributed by atoms with Crippen molar-refractivity contribution in [1.29, 1.82) is 0 Å². The molecular formula is C20H21FN4O2. The molecule has 0 radical (unpaired) electrons. The number of nitrogens with one attached hydrogen (secondary N) is 3. The van der Waals surface area contributed by atoms with Gasteiger partial charge < -0.3 is 15.4 Å². The number of ether oxygens (including phenoxy) is 1. The Kier molecular flexibility index (Phi) is 4.31. The van der Waals surface area contributed by atoms with Gasteiger partial charge in [0.05, 0.1) is 16.8 Å². The smallest absolute Gasteiger partial charge is 0.255 e. The zero-order valence-corrected chi connectivity index (χ0v) is 15.2. The molecule has 7 heteroatoms. The van der Waals surface area contributed by atoms with E-state index < -0.39 is 5.54 Å². The summed E-state index contributed by atoms with van der Waals surface area (Å²) in [6.07, 6.45) is 0. The number of carbonyl (C=O) groups excluding carboxylic acids is 1. The van der Waals surface area contributed by atoms with Crippen molar-refractivity contribution < 1.29 is 13.9 Å². The average Bonchev–Trinajstić information content (AvgIpc) is 2.94. The van der Waals surface area contributed by atoms with Crippen LogP contribution in [0.1, 0.15) is 35.5 Å². The van der Waals surface area contributed by atoms with Gasteiger partial charge in [-0.05, 0) is 26.0 Å². The van der Waals surface area contributed by atoms with Crippen molar-refractivity contribution in [1.82, 2.24) is 20.8 Å². The van der Waals surface area contributed by atoms with Gasteiger partial charge in [0.25, 0.3) is 5.91 Å². The molecule has 2 aromatic carbocycles. The van der Waals surface area contributed by atoms with Crippen molar-refractivity contribution in [2.75, 3.05) is 13.2 Å². The van der Waals surface area contributed by atoms with Crippen LogP contribution in [0.4, 0.5) is 4.39 Å². The van der Waals surface area contributed by atoms with Crippen molar-refractivity contribution in [3.8, 4) is 5.75 Å². The third kappa shape index (κ3) is 3.14. The van der Waals surface area contributed by atoms with Gasteiger partial charge in [-0.3, -0.25) is 9.89 Å². The highest BCUT2D eigenvalue weighted by atomic mass is 19.1. The first-order valence-corrected chi connectivity index (χ1v) is 8.88. The number of halogens is 1. The van der Waals surface area contributed by atoms with Gasteiger partial charge >= 0.3 is 0 Å². The van der Waals surface area contributed by atoms with Crippen molar-refractivity contribution in [2.45, 2.75) is 25.9 Å². The van der Waals surface area contributed by atoms with Crippen LogP contribution in [0.15, 0.2) is 36.4 Å². The van der Waals surface area contributed by atoms with Gasteiger partial charge in [-0.1, -0.05) is 24.3 Å². The Balaban J connectivity index is 1.67. The van der Waals surface area contributed by atoms with Gasteiger partial charge in [0.1, 0.15) is 23.7 Å². The molecule has 0 spiro atoms. The fourth-order valence-corrected chi connectivity index (χ4v) is 3.42. The second kappa shape index (κ2) is 6.66. The van der Waals surface area contributed by atoms with Gasteiger partial charge in [-0.25, -0.2) is 4.39 Å². The molecule has 0 bridgehead atoms. The molecule has 0 saturated heterocycles. The molecule has 1 aromatic heterocycles. The number of para-hydroxylation sites is 2. The first-order chi connectivity index (χ1) is 13.0. The van der Waals surface area contributed by atoms with Crippen LogP contribution in [-0.4, -0.2) is 29.3 Å². The van der Waals surface area contributed by atoms with Crippen LogP contribution < -0.4 is 15.4 Å². The molecule has 0 fully saturated rings. The van der Waals surface area contributed by atoms with E-state index in [0.717, 1.165) is 12.1 Å². The summed E-state index contributed by atoms with van der Waals surface area (Å²) >= 11 is 0. The second-order valence-corrected chi connectivity index (χ2v) is 7.13. The minimum absolute atomic E-state index is 0.258. The largest absolute Gasteiger partial charge is 0.491 e. The second-order valence-electron chi connectivity index (χ2n) is 7.13. The maximum absolute atomic E-state index is 14.0. The number of amides is 1. The van der Waals surface area contributed by atoms with Gasteiger partial charge in [-0.15, -0.1) is 0 Å². The fourth-order valence-electron chi connectivity index (χ4n) is 3.42. The Morgan fingerprint density at radius 3 is 2.93 bits per heavy atom. The summed E-state index contributed by atoms with van der Waals surface area (Å²) in [6, 6.07) is 10.3. The van der Waals surface area contributed by atoms with Gasteiger partial charge in [0, 0.05) is 24.0 Å². The Hall–Kier alpha value is -2.93. The SMILES string of the molecule is CC(C)(NC(=O)c1cccc2c1OCCNC2)c1n[nH]c2c(F)cccc12. The highest BCUT2D eigenvalue weighted by Crippen LogP contribution is 2.30. The molecule has 3 N–H and O–H groups in total. The number of benzene rings is 2. The predicted octanol–water partition coefficient (Wildman–Crippen LogP) is 2.85. The molecule has 2 heterocycles. The summed E-state index contributed by atoms with van der Waals surface area (Å²) in [5.41, 5.74) is 1.53. The normalized spacial score (nSPS) is 14.3. The van der Waals surface area contributed by atoms with E-state index in [9.17, 15) is 9.18 Å². The number of rotatable bonds is 3. The van der Waals surface area contributed by atoms with E-state index in [1.165, 1.54) is 6.07 Å². The summed E-state index contributed by atoms with van der Waals surface area (Å²) in [5.74, 6) is -0.0253. The summed E-state index contributed by atoms with van der Waals surface area (Å²) < 4.78 is 19.8. The molecule has 6 nitrogen and oxygen atoms in total. The summed E-state index contributed by atoms with van der Waals surface area (Å²) in [7, 11) is 0. The lowest BCUT2D eigenvalue weighted by Crippen LogP contribution is -2.41. The third-order valence-corrected chi connectivity index (χ3v) is 4.75. The lowest BCUT2D eigenvalue weighted by molar-refractivity contribution is 0.0907. The summed E-state index contributed by atoms with van der Waals surface area (Å²) in [4.78, 5) is 13.0. The van der Waals surface area contributed by atoms with Crippen LogP contribution in [0, 0.1) is 5.82 Å². The van der Waals surface area contributed by atoms with Crippen molar-refractivity contribution >= 4 is 16.8 Å². The number of aromatic nitrogens is 2. The van der Waals surface area contributed by atoms with Crippen LogP contribution in [0.25, 0.3) is 10.9 Å². The predicted molar refractivity (Wildman–Crippen MR) is 100 cm³/mol. The fraction of sp³-hybridized carbons (Fsp3) is 0.300. The summed E-state index contributed by atoms with van der Waals surface area (Å²) in [5, 5.41) is 13.9. The van der Waals surface area contributed by atoms with Crippen LogP contribution in [0.2, 0.25) is 0 Å². The number of H-pyrrole nitrogens is 1. The highest BCUT2D eigenvalue weighted by molar-refractivity contribution is 5.98. The first kappa shape index (κ1) is 17.5. The molecule has 0 unspecified atom stereocenters. The monoisotopic (exact) mass is 368 g/mol. The Morgan fingerprint density at radius 2 is 2.07 bits per heavy atom. The zero-order valence-electron chi connectivity index (χ0n) is 15.2. The molecule has 1 aliphatic heterocycles. The number of hydrogen-bond acceptors (Lipinski definition) is 4. The molecule has 27 heavy (non-hydrogen) atoms. The van der Waals surface area contributed by atoms with E-state index in [0.29, 0.717) is 41.1 Å². The molecule has 0 saturated carbocycles. The maximum Gasteiger partial charge on any atom is 0.255 e. The lowest BCUT2D eigenvalue weighted by Gasteiger charge is -2.25. The Morgan fingerprint density at radius 1 is 1.26 bits per heavy atom. The molecule has 140 valence electrons. The zero-order chi connectivity index (χ0) is 19.0. The highest BCUT2D eigenvalue weighted by Gasteiger charge is 2.30. The van der Waals surface area contributed by atoms with Gasteiger partial charge in [0.2, 0.25) is 0 Å². The molecule has 0 aliphatic carbocycles. The number of aromatic amines is 1. The van der Waals surface area contributed by atoms with Crippen molar-refractivity contribution in [3.05, 3.63) is 59.0 Å². The minimum atomic E-state index is -0.811. The van der Waals surface area contributed by atoms with Crippen LogP contribution in [0.5, 0.6) is 5.75 Å². The third-order valence-electron chi connectivity index (χ3n) is 4.75. The van der Waals surface area contributed by atoms with E-state index in [1.54, 1.807) is 18.2 Å². The van der Waals surface area contributed by atoms with E-state index in [-0.39, 0.29) is 11.7 Å². The standard InChI is InChI=1S/C20H21FN4O2/c1-20(2,18-13-6-4-8-15(21)16(13)24-25-18)23-19(26)14-7-3-5-12-11-22-9-10-27-17(12)14/h3-8,22H,9-11H2,1-2H3,(H,23,26)(H,24,25). The average molecular weight is 368 g/mol. The van der Waals surface area contributed by atoms with Crippen molar-refractivity contribution in [3.63, 3.8) is 0 Å². The number of fused-ring (bicyclic) bond motifs is 2. The number of nitrogens with zero attached hydrogens (tertiary/aromatic N) is 1. The minimum Gasteiger partial charge on any atom is -0.491 e. The van der Waals surface area contributed by atoms with Gasteiger partial charge in [-0.2, -0.15) is 5.10 Å². The van der Waals surface area contributed by atoms with Crippen molar-refractivity contribution in [2.24, 2.45) is 0 Å². The molecular weight excluding hydrogens is 347 g/mol. The first-order valence-electron chi connectivity index (χ1n) is 8.88. The van der Waals surface area contributed by atoms with E-state index >= 15 is 0 Å².